The molecule has 0 saturated carbocycles. The van der Waals surface area contributed by atoms with Crippen molar-refractivity contribution in [2.75, 3.05) is 11.1 Å². The smallest absolute Gasteiger partial charge is 0.271 e. The topological polar surface area (TPSA) is 64.0 Å². The van der Waals surface area contributed by atoms with Crippen molar-refractivity contribution in [2.24, 2.45) is 7.05 Å². The maximum Gasteiger partial charge on any atom is 0.271 e. The number of thioether (sulfide) groups is 1. The number of nitrogens with zero attached hydrogens (tertiary/aromatic N) is 2. The molecular weight excluding hydrogens is 402 g/mol. The number of amides is 1. The van der Waals surface area contributed by atoms with E-state index in [4.69, 9.17) is 4.98 Å². The van der Waals surface area contributed by atoms with Crippen LogP contribution in [0.5, 0.6) is 0 Å². The number of anilines is 1. The molecule has 2 aromatic carbocycles. The van der Waals surface area contributed by atoms with E-state index in [0.717, 1.165) is 22.4 Å². The van der Waals surface area contributed by atoms with Crippen molar-refractivity contribution in [3.8, 4) is 11.1 Å². The highest BCUT2D eigenvalue weighted by Gasteiger charge is 2.16. The summed E-state index contributed by atoms with van der Waals surface area (Å²) in [5, 5.41) is 5.37. The quantitative estimate of drug-likeness (QED) is 0.375. The second kappa shape index (κ2) is 8.23. The van der Waals surface area contributed by atoms with Gasteiger partial charge in [0.2, 0.25) is 5.91 Å². The van der Waals surface area contributed by atoms with Crippen molar-refractivity contribution < 1.29 is 4.79 Å². The third-order valence-electron chi connectivity index (χ3n) is 4.48. The Balaban J connectivity index is 1.59. The minimum Gasteiger partial charge on any atom is -0.325 e. The van der Waals surface area contributed by atoms with Crippen LogP contribution in [0.1, 0.15) is 5.56 Å². The summed E-state index contributed by atoms with van der Waals surface area (Å²) in [5.74, 6) is 0.0356. The van der Waals surface area contributed by atoms with Gasteiger partial charge in [-0.2, -0.15) is 0 Å². The van der Waals surface area contributed by atoms with Gasteiger partial charge in [-0.15, -0.1) is 11.3 Å². The van der Waals surface area contributed by atoms with Crippen LogP contribution in [0.3, 0.4) is 0 Å². The summed E-state index contributed by atoms with van der Waals surface area (Å²) in [7, 11) is 1.69. The van der Waals surface area contributed by atoms with E-state index >= 15 is 0 Å². The Morgan fingerprint density at radius 3 is 2.72 bits per heavy atom. The Kier molecular flexibility index (Phi) is 5.51. The van der Waals surface area contributed by atoms with E-state index in [1.54, 1.807) is 7.05 Å². The summed E-state index contributed by atoms with van der Waals surface area (Å²) in [6, 6.07) is 17.5. The Morgan fingerprint density at radius 1 is 1.17 bits per heavy atom. The van der Waals surface area contributed by atoms with Gasteiger partial charge in [-0.3, -0.25) is 14.2 Å². The van der Waals surface area contributed by atoms with Crippen molar-refractivity contribution in [3.05, 3.63) is 75.9 Å². The summed E-state index contributed by atoms with van der Waals surface area (Å²) in [6.45, 7) is 1.98. The maximum atomic E-state index is 12.8. The second-order valence-corrected chi connectivity index (χ2v) is 8.48. The molecule has 1 N–H and O–H groups in total. The number of hydrogen-bond donors (Lipinski definition) is 1. The Bertz CT molecular complexity index is 1250. The number of carbonyl (C=O) groups excluding carboxylic acids is 1. The van der Waals surface area contributed by atoms with Crippen LogP contribution in [0, 0.1) is 6.92 Å². The molecule has 4 rings (SSSR count). The first kappa shape index (κ1) is 19.4. The van der Waals surface area contributed by atoms with Gasteiger partial charge < -0.3 is 5.32 Å². The second-order valence-electron chi connectivity index (χ2n) is 6.66. The summed E-state index contributed by atoms with van der Waals surface area (Å²) in [5.41, 5.74) is 4.39. The predicted molar refractivity (Wildman–Crippen MR) is 121 cm³/mol. The van der Waals surface area contributed by atoms with Gasteiger partial charge in [0.15, 0.2) is 5.16 Å². The van der Waals surface area contributed by atoms with Gasteiger partial charge >= 0.3 is 0 Å². The molecule has 0 atom stereocenters. The van der Waals surface area contributed by atoms with Crippen LogP contribution in [-0.4, -0.2) is 21.2 Å². The Labute approximate surface area is 176 Å². The SMILES string of the molecule is Cc1cccc(NC(=O)CSc2nc3c(-c4ccccc4)csc3c(=O)n2C)c1. The van der Waals surface area contributed by atoms with E-state index < -0.39 is 0 Å². The molecular formula is C22H19N3O2S2. The number of benzene rings is 2. The van der Waals surface area contributed by atoms with E-state index in [0.29, 0.717) is 15.4 Å². The standard InChI is InChI=1S/C22H19N3O2S2/c1-14-7-6-10-16(11-14)23-18(26)13-29-22-24-19-17(15-8-4-3-5-9-15)12-28-20(19)21(27)25(22)2/h3-12H,13H2,1-2H3,(H,23,26). The number of aromatic nitrogens is 2. The van der Waals surface area contributed by atoms with Crippen LogP contribution in [0.2, 0.25) is 0 Å². The molecule has 0 fully saturated rings. The summed E-state index contributed by atoms with van der Waals surface area (Å²) in [6.07, 6.45) is 0. The highest BCUT2D eigenvalue weighted by atomic mass is 32.2. The lowest BCUT2D eigenvalue weighted by Gasteiger charge is -2.09. The molecule has 0 radical (unpaired) electrons. The highest BCUT2D eigenvalue weighted by Crippen LogP contribution is 2.32. The zero-order chi connectivity index (χ0) is 20.4. The Hall–Kier alpha value is -2.90. The lowest BCUT2D eigenvalue weighted by molar-refractivity contribution is -0.113. The van der Waals surface area contributed by atoms with Crippen LogP contribution >= 0.6 is 23.1 Å². The van der Waals surface area contributed by atoms with Crippen LogP contribution in [0.4, 0.5) is 5.69 Å². The maximum absolute atomic E-state index is 12.8. The van der Waals surface area contributed by atoms with Gasteiger partial charge in [-0.1, -0.05) is 54.2 Å². The van der Waals surface area contributed by atoms with Crippen molar-refractivity contribution in [3.63, 3.8) is 0 Å². The molecule has 2 heterocycles. The highest BCUT2D eigenvalue weighted by molar-refractivity contribution is 7.99. The first-order valence-electron chi connectivity index (χ1n) is 9.06. The molecule has 1 amide bonds. The van der Waals surface area contributed by atoms with Crippen LogP contribution < -0.4 is 10.9 Å². The monoisotopic (exact) mass is 421 g/mol. The summed E-state index contributed by atoms with van der Waals surface area (Å²) in [4.78, 5) is 29.9. The van der Waals surface area contributed by atoms with E-state index in [9.17, 15) is 9.59 Å². The molecule has 0 aliphatic rings. The molecule has 0 saturated heterocycles. The molecule has 0 aliphatic heterocycles. The molecule has 0 spiro atoms. The molecule has 146 valence electrons. The molecule has 29 heavy (non-hydrogen) atoms. The number of aryl methyl sites for hydroxylation is 1. The third-order valence-corrected chi connectivity index (χ3v) is 6.46. The lowest BCUT2D eigenvalue weighted by Crippen LogP contribution is -2.20. The van der Waals surface area contributed by atoms with E-state index in [1.807, 2.05) is 66.9 Å². The van der Waals surface area contributed by atoms with Gasteiger partial charge in [-0.25, -0.2) is 4.98 Å². The van der Waals surface area contributed by atoms with Crippen LogP contribution in [0.25, 0.3) is 21.3 Å². The lowest BCUT2D eigenvalue weighted by atomic mass is 10.1. The summed E-state index contributed by atoms with van der Waals surface area (Å²) < 4.78 is 2.14. The largest absolute Gasteiger partial charge is 0.325 e. The number of fused-ring (bicyclic) bond motifs is 1. The molecule has 5 nitrogen and oxygen atoms in total. The molecule has 0 unspecified atom stereocenters. The molecule has 2 aromatic heterocycles. The van der Waals surface area contributed by atoms with E-state index in [2.05, 4.69) is 5.32 Å². The van der Waals surface area contributed by atoms with Gasteiger partial charge in [0.1, 0.15) is 4.70 Å². The van der Waals surface area contributed by atoms with Gasteiger partial charge in [0.25, 0.3) is 5.56 Å². The average molecular weight is 422 g/mol. The molecule has 0 aliphatic carbocycles. The van der Waals surface area contributed by atoms with Gasteiger partial charge in [0, 0.05) is 23.7 Å². The van der Waals surface area contributed by atoms with Crippen molar-refractivity contribution in [1.29, 1.82) is 0 Å². The van der Waals surface area contributed by atoms with E-state index in [-0.39, 0.29) is 17.2 Å². The number of nitrogens with one attached hydrogen (secondary N) is 1. The Morgan fingerprint density at radius 2 is 1.97 bits per heavy atom. The van der Waals surface area contributed by atoms with Crippen molar-refractivity contribution in [1.82, 2.24) is 9.55 Å². The third kappa shape index (κ3) is 4.11. The molecule has 0 bridgehead atoms. The minimum absolute atomic E-state index is 0.0937. The predicted octanol–water partition coefficient (Wildman–Crippen LogP) is 4.70. The molecule has 4 aromatic rings. The summed E-state index contributed by atoms with van der Waals surface area (Å²) >= 11 is 2.66. The fraction of sp³-hybridized carbons (Fsp3) is 0.136. The van der Waals surface area contributed by atoms with Crippen molar-refractivity contribution in [2.45, 2.75) is 12.1 Å². The fourth-order valence-electron chi connectivity index (χ4n) is 3.03. The van der Waals surface area contributed by atoms with Crippen molar-refractivity contribution >= 4 is 44.9 Å². The number of carbonyl (C=O) groups is 1. The first-order valence-corrected chi connectivity index (χ1v) is 10.9. The number of thiophene rings is 1. The van der Waals surface area contributed by atoms with Gasteiger partial charge in [-0.05, 0) is 30.2 Å². The van der Waals surface area contributed by atoms with E-state index in [1.165, 1.54) is 27.7 Å². The van der Waals surface area contributed by atoms with Crippen LogP contribution in [-0.2, 0) is 11.8 Å². The molecule has 7 heteroatoms. The number of hydrogen-bond acceptors (Lipinski definition) is 5. The van der Waals surface area contributed by atoms with Gasteiger partial charge in [0.05, 0.1) is 11.3 Å². The zero-order valence-electron chi connectivity index (χ0n) is 16.0. The average Bonchev–Trinajstić information content (AvgIpc) is 3.14. The first-order chi connectivity index (χ1) is 14.0. The van der Waals surface area contributed by atoms with Crippen LogP contribution in [0.15, 0.2) is 69.9 Å². The fourth-order valence-corrected chi connectivity index (χ4v) is 4.78. The number of rotatable bonds is 5. The minimum atomic E-state index is -0.136. The normalized spacial score (nSPS) is 11.0. The zero-order valence-corrected chi connectivity index (χ0v) is 17.6.